The van der Waals surface area contributed by atoms with E-state index in [9.17, 15) is 9.59 Å². The van der Waals surface area contributed by atoms with E-state index in [2.05, 4.69) is 5.32 Å². The van der Waals surface area contributed by atoms with Crippen LogP contribution in [0.1, 0.15) is 65.7 Å². The molecule has 3 aliphatic carbocycles. The largest absolute Gasteiger partial charge is 0.467 e. The summed E-state index contributed by atoms with van der Waals surface area (Å²) in [6.45, 7) is 5.42. The predicted octanol–water partition coefficient (Wildman–Crippen LogP) is 3.41. The minimum Gasteiger partial charge on any atom is -0.467 e. The summed E-state index contributed by atoms with van der Waals surface area (Å²) in [6, 6.07) is -0.616. The fraction of sp³-hybridized carbons (Fsp3) is 0.882. The molecule has 5 heteroatoms. The van der Waals surface area contributed by atoms with Gasteiger partial charge in [-0.1, -0.05) is 0 Å². The molecule has 0 saturated heterocycles. The Bertz CT molecular complexity index is 405. The normalized spacial score (nSPS) is 28.8. The van der Waals surface area contributed by atoms with Crippen molar-refractivity contribution < 1.29 is 19.1 Å². The number of fused-ring (bicyclic) bond motifs is 3. The molecule has 1 atom stereocenters. The van der Waals surface area contributed by atoms with Crippen LogP contribution in [0, 0.1) is 11.3 Å². The minimum absolute atomic E-state index is 0.183. The molecule has 3 rings (SSSR count). The van der Waals surface area contributed by atoms with E-state index in [0.29, 0.717) is 6.42 Å². The molecule has 1 N–H and O–H groups in total. The van der Waals surface area contributed by atoms with Gasteiger partial charge in [-0.3, -0.25) is 0 Å². The van der Waals surface area contributed by atoms with Crippen molar-refractivity contribution in [2.24, 2.45) is 11.3 Å². The Balaban J connectivity index is 2.00. The highest BCUT2D eigenvalue weighted by Gasteiger charge is 2.43. The van der Waals surface area contributed by atoms with E-state index >= 15 is 0 Å². The molecule has 0 spiro atoms. The van der Waals surface area contributed by atoms with Crippen LogP contribution in [0.2, 0.25) is 0 Å². The number of carbonyl (C=O) groups is 2. The Morgan fingerprint density at radius 1 is 1.18 bits per heavy atom. The Morgan fingerprint density at radius 2 is 1.73 bits per heavy atom. The van der Waals surface area contributed by atoms with Gasteiger partial charge in [-0.05, 0) is 77.0 Å². The van der Waals surface area contributed by atoms with Crippen LogP contribution in [0.25, 0.3) is 0 Å². The number of amides is 1. The molecule has 0 radical (unpaired) electrons. The van der Waals surface area contributed by atoms with Gasteiger partial charge in [0.1, 0.15) is 11.6 Å². The van der Waals surface area contributed by atoms with Crippen LogP contribution in [0.5, 0.6) is 0 Å². The molecule has 5 nitrogen and oxygen atoms in total. The van der Waals surface area contributed by atoms with Gasteiger partial charge in [0.25, 0.3) is 0 Å². The number of nitrogens with one attached hydrogen (secondary N) is 1. The first-order valence-electron chi connectivity index (χ1n) is 8.30. The number of methoxy groups -OCH3 is 1. The fourth-order valence-electron chi connectivity index (χ4n) is 3.86. The summed E-state index contributed by atoms with van der Waals surface area (Å²) in [5.74, 6) is 0.491. The predicted molar refractivity (Wildman–Crippen MR) is 83.4 cm³/mol. The summed E-state index contributed by atoms with van der Waals surface area (Å²) >= 11 is 0. The van der Waals surface area contributed by atoms with Gasteiger partial charge in [0.2, 0.25) is 0 Å². The van der Waals surface area contributed by atoms with Crippen molar-refractivity contribution in [2.45, 2.75) is 77.4 Å². The highest BCUT2D eigenvalue weighted by molar-refractivity contribution is 5.81. The number of alkyl carbamates (subject to hydrolysis) is 1. The zero-order valence-electron chi connectivity index (χ0n) is 14.2. The number of rotatable bonds is 4. The Hall–Kier alpha value is -1.26. The molecule has 0 aromatic heterocycles. The summed E-state index contributed by atoms with van der Waals surface area (Å²) in [7, 11) is 1.36. The number of esters is 1. The molecule has 0 aromatic carbocycles. The van der Waals surface area contributed by atoms with Crippen molar-refractivity contribution in [3.8, 4) is 0 Å². The van der Waals surface area contributed by atoms with Crippen LogP contribution in [0.3, 0.4) is 0 Å². The van der Waals surface area contributed by atoms with Crippen molar-refractivity contribution in [1.82, 2.24) is 5.32 Å². The molecule has 126 valence electrons. The van der Waals surface area contributed by atoms with Gasteiger partial charge in [-0.15, -0.1) is 0 Å². The third kappa shape index (κ3) is 4.37. The number of carbonyl (C=O) groups excluding carboxylic acids is 2. The highest BCUT2D eigenvalue weighted by Crippen LogP contribution is 2.52. The molecule has 3 saturated carbocycles. The van der Waals surface area contributed by atoms with E-state index < -0.39 is 17.7 Å². The quantitative estimate of drug-likeness (QED) is 0.808. The van der Waals surface area contributed by atoms with Crippen LogP contribution in [0.4, 0.5) is 4.79 Å². The summed E-state index contributed by atoms with van der Waals surface area (Å²) < 4.78 is 10.1. The first-order valence-corrected chi connectivity index (χ1v) is 8.30. The second-order valence-electron chi connectivity index (χ2n) is 7.91. The van der Waals surface area contributed by atoms with Crippen molar-refractivity contribution in [1.29, 1.82) is 0 Å². The first kappa shape index (κ1) is 17.1. The first-order chi connectivity index (χ1) is 10.2. The van der Waals surface area contributed by atoms with Crippen LogP contribution < -0.4 is 5.32 Å². The maximum atomic E-state index is 12.1. The molecule has 3 fully saturated rings. The SMILES string of the molecule is COC(=O)C(CC12CCC(CC1)CC2)NC(=O)OC(C)(C)C. The van der Waals surface area contributed by atoms with E-state index in [0.717, 1.165) is 25.2 Å². The van der Waals surface area contributed by atoms with Crippen molar-refractivity contribution in [3.05, 3.63) is 0 Å². The maximum absolute atomic E-state index is 12.1. The Kier molecular flexibility index (Phi) is 5.03. The van der Waals surface area contributed by atoms with Crippen LogP contribution in [-0.4, -0.2) is 30.8 Å². The van der Waals surface area contributed by atoms with Gasteiger partial charge in [0.05, 0.1) is 7.11 Å². The molecular weight excluding hydrogens is 282 g/mol. The third-order valence-electron chi connectivity index (χ3n) is 5.06. The molecule has 0 aromatic rings. The lowest BCUT2D eigenvalue weighted by Crippen LogP contribution is -2.48. The molecular formula is C17H29NO4. The van der Waals surface area contributed by atoms with Crippen molar-refractivity contribution in [3.63, 3.8) is 0 Å². The lowest BCUT2D eigenvalue weighted by Gasteiger charge is -2.47. The zero-order valence-corrected chi connectivity index (χ0v) is 14.2. The number of ether oxygens (including phenoxy) is 2. The van der Waals surface area contributed by atoms with Gasteiger partial charge < -0.3 is 14.8 Å². The second kappa shape index (κ2) is 6.47. The van der Waals surface area contributed by atoms with E-state index in [1.807, 2.05) is 0 Å². The van der Waals surface area contributed by atoms with E-state index in [1.165, 1.54) is 26.4 Å². The van der Waals surface area contributed by atoms with Gasteiger partial charge in [-0.25, -0.2) is 9.59 Å². The summed E-state index contributed by atoms with van der Waals surface area (Å²) in [5, 5.41) is 2.71. The summed E-state index contributed by atoms with van der Waals surface area (Å²) in [4.78, 5) is 24.1. The van der Waals surface area contributed by atoms with Gasteiger partial charge in [0, 0.05) is 0 Å². The van der Waals surface area contributed by atoms with Crippen molar-refractivity contribution >= 4 is 12.1 Å². The van der Waals surface area contributed by atoms with E-state index in [4.69, 9.17) is 9.47 Å². The number of hydrogen-bond donors (Lipinski definition) is 1. The van der Waals surface area contributed by atoms with Crippen LogP contribution >= 0.6 is 0 Å². The monoisotopic (exact) mass is 311 g/mol. The molecule has 2 bridgehead atoms. The molecule has 1 unspecified atom stereocenters. The molecule has 3 aliphatic rings. The van der Waals surface area contributed by atoms with Gasteiger partial charge in [-0.2, -0.15) is 0 Å². The maximum Gasteiger partial charge on any atom is 0.408 e. The van der Waals surface area contributed by atoms with Gasteiger partial charge >= 0.3 is 12.1 Å². The zero-order chi connectivity index (χ0) is 16.4. The Labute approximate surface area is 133 Å². The van der Waals surface area contributed by atoms with E-state index in [-0.39, 0.29) is 11.4 Å². The minimum atomic E-state index is -0.616. The topological polar surface area (TPSA) is 64.6 Å². The molecule has 1 amide bonds. The lowest BCUT2D eigenvalue weighted by molar-refractivity contribution is -0.144. The smallest absolute Gasteiger partial charge is 0.408 e. The highest BCUT2D eigenvalue weighted by atomic mass is 16.6. The molecule has 22 heavy (non-hydrogen) atoms. The van der Waals surface area contributed by atoms with Gasteiger partial charge in [0.15, 0.2) is 0 Å². The summed E-state index contributed by atoms with van der Waals surface area (Å²) in [6.07, 6.45) is 7.32. The van der Waals surface area contributed by atoms with E-state index in [1.54, 1.807) is 20.8 Å². The standard InChI is InChI=1S/C17H29NO4/c1-16(2,3)22-15(20)18-13(14(19)21-4)11-17-8-5-12(6-9-17)7-10-17/h12-13H,5-11H2,1-4H3,(H,18,20). The molecule has 0 heterocycles. The summed E-state index contributed by atoms with van der Waals surface area (Å²) in [5.41, 5.74) is -0.394. The van der Waals surface area contributed by atoms with Crippen LogP contribution in [-0.2, 0) is 14.3 Å². The van der Waals surface area contributed by atoms with Crippen LogP contribution in [0.15, 0.2) is 0 Å². The fourth-order valence-corrected chi connectivity index (χ4v) is 3.86. The molecule has 0 aliphatic heterocycles. The van der Waals surface area contributed by atoms with Crippen molar-refractivity contribution in [2.75, 3.05) is 7.11 Å². The average molecular weight is 311 g/mol. The third-order valence-corrected chi connectivity index (χ3v) is 5.06. The lowest BCUT2D eigenvalue weighted by atomic mass is 9.58. The second-order valence-corrected chi connectivity index (χ2v) is 7.91. The average Bonchev–Trinajstić information content (AvgIpc) is 2.45. The number of hydrogen-bond acceptors (Lipinski definition) is 4. The Morgan fingerprint density at radius 3 is 2.18 bits per heavy atom.